The first-order chi connectivity index (χ1) is 6.65. The molecule has 1 rings (SSSR count). The highest BCUT2D eigenvalue weighted by molar-refractivity contribution is 5.17. The average Bonchev–Trinajstić information content (AvgIpc) is 2.50. The van der Waals surface area contributed by atoms with E-state index in [4.69, 9.17) is 4.52 Å². The molecule has 0 saturated heterocycles. The Balaban J connectivity index is 3.04. The van der Waals surface area contributed by atoms with Crippen LogP contribution >= 0.6 is 0 Å². The summed E-state index contributed by atoms with van der Waals surface area (Å²) in [5.41, 5.74) is 0.285. The first kappa shape index (κ1) is 12.1. The fourth-order valence-corrected chi connectivity index (χ4v) is 1.07. The van der Waals surface area contributed by atoms with Gasteiger partial charge in [-0.25, -0.2) is 0 Å². The Hall–Kier alpha value is -0.930. The van der Waals surface area contributed by atoms with Crippen LogP contribution < -0.4 is 0 Å². The minimum absolute atomic E-state index is 0.269. The first-order valence-electron chi connectivity index (χ1n) is 5.01. The topological polar surface area (TPSA) is 26.0 Å². The molecule has 0 bridgehead atoms. The second-order valence-electron chi connectivity index (χ2n) is 5.10. The van der Waals surface area contributed by atoms with Gasteiger partial charge in [0.15, 0.2) is 0 Å². The van der Waals surface area contributed by atoms with E-state index in [9.17, 15) is 8.78 Å². The Bertz CT molecular complexity index is 337. The van der Waals surface area contributed by atoms with Crippen molar-refractivity contribution in [2.75, 3.05) is 0 Å². The second-order valence-corrected chi connectivity index (χ2v) is 5.10. The molecular weight excluding hydrogens is 200 g/mol. The molecule has 0 aliphatic rings. The lowest BCUT2D eigenvalue weighted by Crippen LogP contribution is -2.20. The second kappa shape index (κ2) is 3.58. The van der Waals surface area contributed by atoms with Gasteiger partial charge in [0.1, 0.15) is 0 Å². The molecule has 2 nitrogen and oxygen atoms in total. The summed E-state index contributed by atoms with van der Waals surface area (Å²) in [6.45, 7) is 8.63. The highest BCUT2D eigenvalue weighted by Crippen LogP contribution is 2.37. The maximum Gasteiger partial charge on any atom is 0.309 e. The van der Waals surface area contributed by atoms with Gasteiger partial charge in [-0.3, -0.25) is 0 Å². The Morgan fingerprint density at radius 2 is 1.80 bits per heavy atom. The highest BCUT2D eigenvalue weighted by Gasteiger charge is 2.40. The molecule has 4 heteroatoms. The van der Waals surface area contributed by atoms with Gasteiger partial charge in [0.2, 0.25) is 5.76 Å². The predicted molar refractivity (Wildman–Crippen MR) is 53.9 cm³/mol. The van der Waals surface area contributed by atoms with Gasteiger partial charge in [-0.05, 0) is 0 Å². The molecule has 0 aliphatic heterocycles. The van der Waals surface area contributed by atoms with Gasteiger partial charge in [-0.15, -0.1) is 0 Å². The van der Waals surface area contributed by atoms with E-state index in [0.717, 1.165) is 0 Å². The fourth-order valence-electron chi connectivity index (χ4n) is 1.07. The minimum atomic E-state index is -2.95. The molecule has 0 radical (unpaired) electrons. The van der Waals surface area contributed by atoms with E-state index >= 15 is 0 Å². The highest BCUT2D eigenvalue weighted by atomic mass is 19.3. The van der Waals surface area contributed by atoms with E-state index in [-0.39, 0.29) is 11.2 Å². The van der Waals surface area contributed by atoms with Crippen molar-refractivity contribution in [3.8, 4) is 0 Å². The van der Waals surface area contributed by atoms with Crippen LogP contribution in [0.15, 0.2) is 10.6 Å². The first-order valence-corrected chi connectivity index (χ1v) is 5.01. The van der Waals surface area contributed by atoms with Crippen LogP contribution in [0.1, 0.15) is 46.1 Å². The molecule has 0 unspecified atom stereocenters. The van der Waals surface area contributed by atoms with Crippen LogP contribution in [-0.4, -0.2) is 5.16 Å². The van der Waals surface area contributed by atoms with Crippen molar-refractivity contribution < 1.29 is 13.3 Å². The monoisotopic (exact) mass is 217 g/mol. The number of alkyl halides is 2. The van der Waals surface area contributed by atoms with Crippen molar-refractivity contribution in [2.45, 2.75) is 46.0 Å². The van der Waals surface area contributed by atoms with Gasteiger partial charge >= 0.3 is 5.92 Å². The summed E-state index contributed by atoms with van der Waals surface area (Å²) in [5, 5.41) is 3.68. The van der Waals surface area contributed by atoms with E-state index in [2.05, 4.69) is 5.16 Å². The lowest BCUT2D eigenvalue weighted by Gasteiger charge is -2.16. The Labute approximate surface area is 88.6 Å². The van der Waals surface area contributed by atoms with Crippen molar-refractivity contribution in [2.24, 2.45) is 5.92 Å². The number of halogens is 2. The summed E-state index contributed by atoms with van der Waals surface area (Å²) in [6.07, 6.45) is 0. The molecule has 86 valence electrons. The van der Waals surface area contributed by atoms with E-state index in [1.54, 1.807) is 0 Å². The molecule has 0 N–H and O–H groups in total. The molecular formula is C11H17F2NO. The van der Waals surface area contributed by atoms with Crippen LogP contribution in [0, 0.1) is 5.92 Å². The van der Waals surface area contributed by atoms with Crippen LogP contribution in [-0.2, 0) is 11.3 Å². The maximum absolute atomic E-state index is 13.5. The third kappa shape index (κ3) is 2.36. The van der Waals surface area contributed by atoms with Crippen molar-refractivity contribution in [3.05, 3.63) is 17.5 Å². The number of hydrogen-bond acceptors (Lipinski definition) is 2. The van der Waals surface area contributed by atoms with Crippen molar-refractivity contribution in [3.63, 3.8) is 0 Å². The lowest BCUT2D eigenvalue weighted by molar-refractivity contribution is -0.0737. The smallest absolute Gasteiger partial charge is 0.309 e. The quantitative estimate of drug-likeness (QED) is 0.754. The maximum atomic E-state index is 13.5. The van der Waals surface area contributed by atoms with Crippen LogP contribution in [0.25, 0.3) is 0 Å². The molecule has 0 aliphatic carbocycles. The van der Waals surface area contributed by atoms with E-state index in [1.165, 1.54) is 19.9 Å². The molecule has 1 aromatic heterocycles. The van der Waals surface area contributed by atoms with Gasteiger partial charge in [0.05, 0.1) is 5.69 Å². The standard InChI is InChI=1S/C11H17F2NO/c1-7(2)11(12,13)9-6-8(14-15-9)10(3,4)5/h6-7H,1-5H3. The molecule has 0 atom stereocenters. The van der Waals surface area contributed by atoms with Gasteiger partial charge in [-0.1, -0.05) is 39.8 Å². The van der Waals surface area contributed by atoms with Gasteiger partial charge < -0.3 is 4.52 Å². The summed E-state index contributed by atoms with van der Waals surface area (Å²) in [6, 6.07) is 1.35. The van der Waals surface area contributed by atoms with Crippen LogP contribution in [0.2, 0.25) is 0 Å². The summed E-state index contributed by atoms with van der Waals surface area (Å²) in [5.74, 6) is -4.09. The van der Waals surface area contributed by atoms with E-state index in [1.807, 2.05) is 20.8 Å². The number of aromatic nitrogens is 1. The Morgan fingerprint density at radius 3 is 2.13 bits per heavy atom. The molecule has 15 heavy (non-hydrogen) atoms. The van der Waals surface area contributed by atoms with E-state index < -0.39 is 11.8 Å². The molecule has 0 saturated carbocycles. The largest absolute Gasteiger partial charge is 0.355 e. The van der Waals surface area contributed by atoms with E-state index in [0.29, 0.717) is 5.69 Å². The number of hydrogen-bond donors (Lipinski definition) is 0. The van der Waals surface area contributed by atoms with Crippen molar-refractivity contribution in [1.29, 1.82) is 0 Å². The van der Waals surface area contributed by atoms with Gasteiger partial charge in [-0.2, -0.15) is 8.78 Å². The molecule has 0 amide bonds. The zero-order chi connectivity index (χ0) is 11.9. The summed E-state index contributed by atoms with van der Waals surface area (Å²) in [7, 11) is 0. The molecule has 0 aromatic carbocycles. The zero-order valence-corrected chi connectivity index (χ0v) is 9.77. The van der Waals surface area contributed by atoms with Crippen LogP contribution in [0.3, 0.4) is 0 Å². The zero-order valence-electron chi connectivity index (χ0n) is 9.77. The predicted octanol–water partition coefficient (Wildman–Crippen LogP) is 3.72. The number of rotatable bonds is 2. The van der Waals surface area contributed by atoms with Crippen molar-refractivity contribution in [1.82, 2.24) is 5.16 Å². The molecule has 1 aromatic rings. The Morgan fingerprint density at radius 1 is 1.27 bits per heavy atom. The lowest BCUT2D eigenvalue weighted by atomic mass is 9.91. The van der Waals surface area contributed by atoms with Crippen LogP contribution in [0.4, 0.5) is 8.78 Å². The van der Waals surface area contributed by atoms with Crippen molar-refractivity contribution >= 4 is 0 Å². The molecule has 0 fully saturated rings. The summed E-state index contributed by atoms with van der Waals surface area (Å²) >= 11 is 0. The Kier molecular flexibility index (Phi) is 2.90. The van der Waals surface area contributed by atoms with Gasteiger partial charge in [0.25, 0.3) is 0 Å². The molecule has 0 spiro atoms. The third-order valence-electron chi connectivity index (χ3n) is 2.33. The normalized spacial score (nSPS) is 13.6. The van der Waals surface area contributed by atoms with Crippen LogP contribution in [0.5, 0.6) is 0 Å². The van der Waals surface area contributed by atoms with Gasteiger partial charge in [0, 0.05) is 17.4 Å². The third-order valence-corrected chi connectivity index (χ3v) is 2.33. The summed E-state index contributed by atoms with van der Waals surface area (Å²) in [4.78, 5) is 0. The molecule has 1 heterocycles. The number of nitrogens with zero attached hydrogens (tertiary/aromatic N) is 1. The fraction of sp³-hybridized carbons (Fsp3) is 0.727. The average molecular weight is 217 g/mol. The minimum Gasteiger partial charge on any atom is -0.355 e. The SMILES string of the molecule is CC(C)C(F)(F)c1cc(C(C)(C)C)no1. The summed E-state index contributed by atoms with van der Waals surface area (Å²) < 4.78 is 31.8.